The van der Waals surface area contributed by atoms with Crippen molar-refractivity contribution in [2.45, 2.75) is 19.9 Å². The number of aliphatic imine (C=N–C) groups is 1. The third-order valence-corrected chi connectivity index (χ3v) is 3.91. The molecule has 0 fully saturated rings. The number of fused-ring (bicyclic) bond motifs is 1. The van der Waals surface area contributed by atoms with Gasteiger partial charge in [-0.1, -0.05) is 18.2 Å². The number of anilines is 1. The van der Waals surface area contributed by atoms with Crippen LogP contribution in [0.25, 0.3) is 0 Å². The topological polar surface area (TPSA) is 45.5 Å². The SMILES string of the molecule is CN=C(NCCn1ccnc1C)N1CCc2ccccc21. The molecule has 110 valence electrons. The number of aryl methyl sites for hydroxylation is 1. The minimum atomic E-state index is 0.836. The monoisotopic (exact) mass is 283 g/mol. The zero-order chi connectivity index (χ0) is 14.7. The molecule has 0 amide bonds. The summed E-state index contributed by atoms with van der Waals surface area (Å²) in [5.74, 6) is 1.98. The molecule has 1 aliphatic rings. The summed E-state index contributed by atoms with van der Waals surface area (Å²) >= 11 is 0. The normalized spacial score (nSPS) is 14.4. The van der Waals surface area contributed by atoms with E-state index in [9.17, 15) is 0 Å². The Morgan fingerprint density at radius 1 is 1.38 bits per heavy atom. The van der Waals surface area contributed by atoms with E-state index in [1.807, 2.05) is 26.4 Å². The molecule has 5 nitrogen and oxygen atoms in total. The predicted octanol–water partition coefficient (Wildman–Crippen LogP) is 1.83. The van der Waals surface area contributed by atoms with E-state index in [0.717, 1.165) is 37.8 Å². The largest absolute Gasteiger partial charge is 0.354 e. The highest BCUT2D eigenvalue weighted by Gasteiger charge is 2.21. The van der Waals surface area contributed by atoms with Gasteiger partial charge in [-0.25, -0.2) is 4.98 Å². The van der Waals surface area contributed by atoms with Crippen molar-refractivity contribution in [1.82, 2.24) is 14.9 Å². The molecule has 0 bridgehead atoms. The number of hydrogen-bond donors (Lipinski definition) is 1. The highest BCUT2D eigenvalue weighted by Crippen LogP contribution is 2.27. The van der Waals surface area contributed by atoms with Crippen molar-refractivity contribution in [2.75, 3.05) is 25.0 Å². The van der Waals surface area contributed by atoms with Gasteiger partial charge in [-0.3, -0.25) is 4.99 Å². The molecule has 0 aliphatic carbocycles. The van der Waals surface area contributed by atoms with Gasteiger partial charge in [0.2, 0.25) is 0 Å². The molecule has 0 unspecified atom stereocenters. The number of guanidine groups is 1. The van der Waals surface area contributed by atoms with Crippen LogP contribution in [0.1, 0.15) is 11.4 Å². The van der Waals surface area contributed by atoms with Crippen LogP contribution in [0.4, 0.5) is 5.69 Å². The van der Waals surface area contributed by atoms with Crippen LogP contribution in [-0.2, 0) is 13.0 Å². The fourth-order valence-corrected chi connectivity index (χ4v) is 2.78. The Morgan fingerprint density at radius 2 is 2.24 bits per heavy atom. The highest BCUT2D eigenvalue weighted by molar-refractivity contribution is 5.97. The van der Waals surface area contributed by atoms with Crippen molar-refractivity contribution in [3.8, 4) is 0 Å². The smallest absolute Gasteiger partial charge is 0.198 e. The zero-order valence-corrected chi connectivity index (χ0v) is 12.6. The number of para-hydroxylation sites is 1. The molecule has 1 aromatic carbocycles. The van der Waals surface area contributed by atoms with Crippen LogP contribution in [0.2, 0.25) is 0 Å². The number of benzene rings is 1. The van der Waals surface area contributed by atoms with Crippen LogP contribution in [-0.4, -0.2) is 35.6 Å². The fourth-order valence-electron chi connectivity index (χ4n) is 2.78. The minimum Gasteiger partial charge on any atom is -0.354 e. The number of nitrogens with one attached hydrogen (secondary N) is 1. The maximum atomic E-state index is 4.42. The molecule has 0 saturated carbocycles. The van der Waals surface area contributed by atoms with E-state index < -0.39 is 0 Å². The molecule has 2 heterocycles. The summed E-state index contributed by atoms with van der Waals surface area (Å²) < 4.78 is 2.14. The van der Waals surface area contributed by atoms with Crippen LogP contribution >= 0.6 is 0 Å². The first kappa shape index (κ1) is 13.7. The summed E-state index contributed by atoms with van der Waals surface area (Å²) in [5, 5.41) is 3.45. The van der Waals surface area contributed by atoms with E-state index in [4.69, 9.17) is 0 Å². The lowest BCUT2D eigenvalue weighted by molar-refractivity contribution is 0.650. The molecule has 0 spiro atoms. The standard InChI is InChI=1S/C16H21N5/c1-13-18-8-11-20(13)12-9-19-16(17-2)21-10-7-14-5-3-4-6-15(14)21/h3-6,8,11H,7,9-10,12H2,1-2H3,(H,17,19). The van der Waals surface area contributed by atoms with E-state index in [1.54, 1.807) is 0 Å². The molecule has 1 aromatic heterocycles. The predicted molar refractivity (Wildman–Crippen MR) is 85.8 cm³/mol. The summed E-state index contributed by atoms with van der Waals surface area (Å²) in [4.78, 5) is 10.9. The Morgan fingerprint density at radius 3 is 3.00 bits per heavy atom. The summed E-state index contributed by atoms with van der Waals surface area (Å²) in [6.45, 7) is 4.73. The van der Waals surface area contributed by atoms with Crippen molar-refractivity contribution >= 4 is 11.6 Å². The molecule has 0 radical (unpaired) electrons. The molecule has 2 aromatic rings. The number of nitrogens with zero attached hydrogens (tertiary/aromatic N) is 4. The quantitative estimate of drug-likeness (QED) is 0.690. The van der Waals surface area contributed by atoms with E-state index >= 15 is 0 Å². The maximum absolute atomic E-state index is 4.42. The van der Waals surface area contributed by atoms with Crippen molar-refractivity contribution in [3.63, 3.8) is 0 Å². The van der Waals surface area contributed by atoms with Crippen LogP contribution < -0.4 is 10.2 Å². The fraction of sp³-hybridized carbons (Fsp3) is 0.375. The molecule has 1 aliphatic heterocycles. The van der Waals surface area contributed by atoms with Crippen LogP contribution in [0.3, 0.4) is 0 Å². The second-order valence-corrected chi connectivity index (χ2v) is 5.17. The number of hydrogen-bond acceptors (Lipinski definition) is 2. The van der Waals surface area contributed by atoms with Gasteiger partial charge in [0.05, 0.1) is 0 Å². The number of imidazole rings is 1. The van der Waals surface area contributed by atoms with Crippen molar-refractivity contribution < 1.29 is 0 Å². The van der Waals surface area contributed by atoms with Gasteiger partial charge in [0, 0.05) is 44.8 Å². The lowest BCUT2D eigenvalue weighted by Crippen LogP contribution is -2.41. The second kappa shape index (κ2) is 5.99. The Bertz CT molecular complexity index is 644. The molecule has 0 atom stereocenters. The van der Waals surface area contributed by atoms with Gasteiger partial charge >= 0.3 is 0 Å². The second-order valence-electron chi connectivity index (χ2n) is 5.17. The van der Waals surface area contributed by atoms with E-state index in [0.29, 0.717) is 0 Å². The maximum Gasteiger partial charge on any atom is 0.198 e. The Labute approximate surface area is 125 Å². The van der Waals surface area contributed by atoms with E-state index in [-0.39, 0.29) is 0 Å². The van der Waals surface area contributed by atoms with Crippen molar-refractivity contribution in [2.24, 2.45) is 4.99 Å². The molecule has 5 heteroatoms. The van der Waals surface area contributed by atoms with Crippen molar-refractivity contribution in [1.29, 1.82) is 0 Å². The van der Waals surface area contributed by atoms with Gasteiger partial charge in [0.15, 0.2) is 5.96 Å². The van der Waals surface area contributed by atoms with Crippen LogP contribution in [0.5, 0.6) is 0 Å². The van der Waals surface area contributed by atoms with Gasteiger partial charge in [-0.05, 0) is 25.0 Å². The Balaban J connectivity index is 1.63. The van der Waals surface area contributed by atoms with E-state index in [1.165, 1.54) is 11.3 Å². The summed E-state index contributed by atoms with van der Waals surface area (Å²) in [5.41, 5.74) is 2.66. The van der Waals surface area contributed by atoms with E-state index in [2.05, 4.69) is 49.0 Å². The lowest BCUT2D eigenvalue weighted by Gasteiger charge is -2.22. The average Bonchev–Trinajstić information content (AvgIpc) is 3.11. The van der Waals surface area contributed by atoms with Gasteiger partial charge < -0.3 is 14.8 Å². The molecule has 1 N–H and O–H groups in total. The van der Waals surface area contributed by atoms with Gasteiger partial charge in [-0.15, -0.1) is 0 Å². The van der Waals surface area contributed by atoms with Gasteiger partial charge in [0.25, 0.3) is 0 Å². The summed E-state index contributed by atoms with van der Waals surface area (Å²) in [6, 6.07) is 8.53. The molecule has 21 heavy (non-hydrogen) atoms. The molecule has 3 rings (SSSR count). The number of rotatable bonds is 3. The highest BCUT2D eigenvalue weighted by atomic mass is 15.3. The average molecular weight is 283 g/mol. The first-order valence-electron chi connectivity index (χ1n) is 7.33. The Kier molecular flexibility index (Phi) is 3.90. The molecular weight excluding hydrogens is 262 g/mol. The zero-order valence-electron chi connectivity index (χ0n) is 12.6. The third kappa shape index (κ3) is 2.77. The first-order valence-corrected chi connectivity index (χ1v) is 7.33. The van der Waals surface area contributed by atoms with Gasteiger partial charge in [0.1, 0.15) is 5.82 Å². The minimum absolute atomic E-state index is 0.836. The first-order chi connectivity index (χ1) is 10.3. The van der Waals surface area contributed by atoms with Gasteiger partial charge in [-0.2, -0.15) is 0 Å². The molecular formula is C16H21N5. The van der Waals surface area contributed by atoms with Crippen molar-refractivity contribution in [3.05, 3.63) is 48.0 Å². The summed E-state index contributed by atoms with van der Waals surface area (Å²) in [7, 11) is 1.84. The van der Waals surface area contributed by atoms with Crippen LogP contribution in [0, 0.1) is 6.92 Å². The third-order valence-electron chi connectivity index (χ3n) is 3.91. The molecule has 0 saturated heterocycles. The lowest BCUT2D eigenvalue weighted by atomic mass is 10.2. The summed E-state index contributed by atoms with van der Waals surface area (Å²) in [6.07, 6.45) is 4.92. The Hall–Kier alpha value is -2.30. The number of aromatic nitrogens is 2. The van der Waals surface area contributed by atoms with Crippen LogP contribution in [0.15, 0.2) is 41.7 Å².